The van der Waals surface area contributed by atoms with Crippen LogP contribution in [0.2, 0.25) is 5.02 Å². The van der Waals surface area contributed by atoms with Gasteiger partial charge < -0.3 is 0 Å². The van der Waals surface area contributed by atoms with Gasteiger partial charge in [0.2, 0.25) is 0 Å². The molecular weight excluding hydrogens is 286 g/mol. The molecule has 0 saturated carbocycles. The van der Waals surface area contributed by atoms with Crippen molar-refractivity contribution in [2.75, 3.05) is 0 Å². The molecular formula is C12H8ClN3O4. The Bertz CT molecular complexity index is 741. The molecule has 2 rings (SSSR count). The van der Waals surface area contributed by atoms with Crippen molar-refractivity contribution in [3.8, 4) is 0 Å². The van der Waals surface area contributed by atoms with Gasteiger partial charge in [-0.3, -0.25) is 19.5 Å². The molecule has 0 radical (unpaired) electrons. The third-order valence-corrected chi connectivity index (χ3v) is 2.71. The number of Topliss-reactive ketones (excluding diaryl/α,β-unsaturated/α-hetero) is 1. The van der Waals surface area contributed by atoms with E-state index in [1.165, 1.54) is 30.6 Å². The van der Waals surface area contributed by atoms with Crippen LogP contribution in [-0.2, 0) is 6.54 Å². The number of carbonyl (C=O) groups excluding carboxylic acids is 1. The Morgan fingerprint density at radius 2 is 2.20 bits per heavy atom. The van der Waals surface area contributed by atoms with Crippen LogP contribution in [0.3, 0.4) is 0 Å². The Hall–Kier alpha value is -2.54. The summed E-state index contributed by atoms with van der Waals surface area (Å²) < 4.78 is 1.05. The molecule has 0 unspecified atom stereocenters. The lowest BCUT2D eigenvalue weighted by Crippen LogP contribution is -2.25. The zero-order valence-electron chi connectivity index (χ0n) is 10.0. The highest BCUT2D eigenvalue weighted by Crippen LogP contribution is 2.14. The number of non-ortho nitro benzene ring substituents is 1. The van der Waals surface area contributed by atoms with Crippen LogP contribution in [0.15, 0.2) is 41.5 Å². The third kappa shape index (κ3) is 3.07. The minimum Gasteiger partial charge on any atom is -0.292 e. The van der Waals surface area contributed by atoms with Gasteiger partial charge in [-0.25, -0.2) is 9.78 Å². The fourth-order valence-corrected chi connectivity index (χ4v) is 1.75. The number of nitro groups is 1. The predicted molar refractivity (Wildman–Crippen MR) is 70.9 cm³/mol. The standard InChI is InChI=1S/C12H8ClN3O4/c13-9-5-14-12(18)15(6-9)7-11(17)8-2-1-3-10(4-8)16(19)20/h1-6H,7H2. The fourth-order valence-electron chi connectivity index (χ4n) is 1.58. The monoisotopic (exact) mass is 293 g/mol. The van der Waals surface area contributed by atoms with Gasteiger partial charge in [0.05, 0.1) is 22.7 Å². The Kier molecular flexibility index (Phi) is 3.90. The van der Waals surface area contributed by atoms with E-state index in [1.807, 2.05) is 0 Å². The molecule has 0 atom stereocenters. The SMILES string of the molecule is O=C(Cn1cc(Cl)cnc1=O)c1cccc([N+](=O)[O-])c1. The minimum absolute atomic E-state index is 0.145. The summed E-state index contributed by atoms with van der Waals surface area (Å²) in [5.74, 6) is -0.445. The lowest BCUT2D eigenvalue weighted by atomic mass is 10.1. The number of carbonyl (C=O) groups is 1. The van der Waals surface area contributed by atoms with E-state index in [9.17, 15) is 19.7 Å². The molecule has 0 bridgehead atoms. The molecule has 1 aromatic heterocycles. The molecule has 20 heavy (non-hydrogen) atoms. The molecule has 1 aromatic carbocycles. The molecule has 8 heteroatoms. The lowest BCUT2D eigenvalue weighted by molar-refractivity contribution is -0.384. The van der Waals surface area contributed by atoms with E-state index < -0.39 is 16.4 Å². The van der Waals surface area contributed by atoms with Gasteiger partial charge >= 0.3 is 5.69 Å². The smallest absolute Gasteiger partial charge is 0.292 e. The van der Waals surface area contributed by atoms with Crippen LogP contribution in [0.4, 0.5) is 5.69 Å². The van der Waals surface area contributed by atoms with Gasteiger partial charge in [0.25, 0.3) is 5.69 Å². The Morgan fingerprint density at radius 3 is 2.90 bits per heavy atom. The maximum absolute atomic E-state index is 12.0. The first-order chi connectivity index (χ1) is 9.47. The van der Waals surface area contributed by atoms with Crippen LogP contribution in [0.25, 0.3) is 0 Å². The van der Waals surface area contributed by atoms with Gasteiger partial charge in [-0.15, -0.1) is 0 Å². The number of rotatable bonds is 4. The van der Waals surface area contributed by atoms with E-state index in [4.69, 9.17) is 11.6 Å². The number of hydrogen-bond acceptors (Lipinski definition) is 5. The van der Waals surface area contributed by atoms with Crippen molar-refractivity contribution in [1.82, 2.24) is 9.55 Å². The van der Waals surface area contributed by atoms with Crippen LogP contribution < -0.4 is 5.69 Å². The van der Waals surface area contributed by atoms with E-state index >= 15 is 0 Å². The van der Waals surface area contributed by atoms with Gasteiger partial charge in [0.1, 0.15) is 0 Å². The second-order valence-electron chi connectivity index (χ2n) is 3.91. The van der Waals surface area contributed by atoms with Crippen LogP contribution in [-0.4, -0.2) is 20.3 Å². The summed E-state index contributed by atoms with van der Waals surface area (Å²) in [5.41, 5.74) is -0.660. The zero-order chi connectivity index (χ0) is 14.7. The Balaban J connectivity index is 2.28. The van der Waals surface area contributed by atoms with Crippen molar-refractivity contribution >= 4 is 23.1 Å². The summed E-state index contributed by atoms with van der Waals surface area (Å²) >= 11 is 5.69. The highest BCUT2D eigenvalue weighted by molar-refractivity contribution is 6.30. The summed E-state index contributed by atoms with van der Waals surface area (Å²) in [5, 5.41) is 10.9. The van der Waals surface area contributed by atoms with E-state index in [-0.39, 0.29) is 22.8 Å². The molecule has 7 nitrogen and oxygen atoms in total. The summed E-state index contributed by atoms with van der Waals surface area (Å²) in [6, 6.07) is 5.29. The van der Waals surface area contributed by atoms with E-state index in [0.29, 0.717) is 0 Å². The van der Waals surface area contributed by atoms with Crippen LogP contribution in [0.1, 0.15) is 10.4 Å². The van der Waals surface area contributed by atoms with Gasteiger partial charge in [0, 0.05) is 23.9 Å². The fraction of sp³-hybridized carbons (Fsp3) is 0.0833. The number of benzene rings is 1. The summed E-state index contributed by atoms with van der Waals surface area (Å²) in [6.45, 7) is -0.284. The largest absolute Gasteiger partial charge is 0.348 e. The van der Waals surface area contributed by atoms with Crippen molar-refractivity contribution in [3.63, 3.8) is 0 Å². The second-order valence-corrected chi connectivity index (χ2v) is 4.35. The number of ketones is 1. The average Bonchev–Trinajstić information content (AvgIpc) is 2.43. The Morgan fingerprint density at radius 1 is 1.45 bits per heavy atom. The first-order valence-corrected chi connectivity index (χ1v) is 5.85. The molecule has 0 amide bonds. The normalized spacial score (nSPS) is 10.2. The third-order valence-electron chi connectivity index (χ3n) is 2.52. The van der Waals surface area contributed by atoms with Crippen molar-refractivity contribution in [2.45, 2.75) is 6.54 Å². The Labute approximate surface area is 117 Å². The predicted octanol–water partition coefficient (Wildman–Crippen LogP) is 1.69. The van der Waals surface area contributed by atoms with E-state index in [2.05, 4.69) is 4.98 Å². The molecule has 0 saturated heterocycles. The number of nitrogens with zero attached hydrogens (tertiary/aromatic N) is 3. The molecule has 0 aliphatic carbocycles. The van der Waals surface area contributed by atoms with Crippen LogP contribution >= 0.6 is 11.6 Å². The maximum atomic E-state index is 12.0. The second kappa shape index (κ2) is 5.62. The maximum Gasteiger partial charge on any atom is 0.348 e. The number of aromatic nitrogens is 2. The summed E-state index contributed by atoms with van der Waals surface area (Å²) in [7, 11) is 0. The highest BCUT2D eigenvalue weighted by Gasteiger charge is 2.13. The molecule has 2 aromatic rings. The number of hydrogen-bond donors (Lipinski definition) is 0. The molecule has 0 aliphatic heterocycles. The minimum atomic E-state index is -0.617. The molecule has 1 heterocycles. The zero-order valence-corrected chi connectivity index (χ0v) is 10.8. The summed E-state index contributed by atoms with van der Waals surface area (Å²) in [4.78, 5) is 37.0. The average molecular weight is 294 g/mol. The van der Waals surface area contributed by atoms with Crippen LogP contribution in [0, 0.1) is 10.1 Å². The van der Waals surface area contributed by atoms with Gasteiger partial charge in [-0.05, 0) is 0 Å². The lowest BCUT2D eigenvalue weighted by Gasteiger charge is -2.04. The highest BCUT2D eigenvalue weighted by atomic mass is 35.5. The van der Waals surface area contributed by atoms with Crippen molar-refractivity contribution in [2.24, 2.45) is 0 Å². The number of halogens is 1. The molecule has 0 N–H and O–H groups in total. The van der Waals surface area contributed by atoms with Gasteiger partial charge in [-0.1, -0.05) is 23.7 Å². The van der Waals surface area contributed by atoms with E-state index in [1.54, 1.807) is 0 Å². The first kappa shape index (κ1) is 13.9. The van der Waals surface area contributed by atoms with Crippen molar-refractivity contribution < 1.29 is 9.72 Å². The topological polar surface area (TPSA) is 95.1 Å². The van der Waals surface area contributed by atoms with E-state index in [0.717, 1.165) is 10.6 Å². The molecule has 102 valence electrons. The molecule has 0 spiro atoms. The van der Waals surface area contributed by atoms with Crippen LogP contribution in [0.5, 0.6) is 0 Å². The molecule has 0 fully saturated rings. The molecule has 0 aliphatic rings. The van der Waals surface area contributed by atoms with Gasteiger partial charge in [0.15, 0.2) is 5.78 Å². The van der Waals surface area contributed by atoms with Crippen molar-refractivity contribution in [1.29, 1.82) is 0 Å². The van der Waals surface area contributed by atoms with Gasteiger partial charge in [-0.2, -0.15) is 0 Å². The van der Waals surface area contributed by atoms with Crippen molar-refractivity contribution in [3.05, 3.63) is 67.8 Å². The quantitative estimate of drug-likeness (QED) is 0.485. The summed E-state index contributed by atoms with van der Waals surface area (Å²) in [6.07, 6.45) is 2.46. The first-order valence-electron chi connectivity index (χ1n) is 5.47. The number of nitro benzene ring substituents is 1.